The summed E-state index contributed by atoms with van der Waals surface area (Å²) in [6, 6.07) is 5.97. The molecule has 1 unspecified atom stereocenters. The van der Waals surface area contributed by atoms with Crippen LogP contribution in [0, 0.1) is 12.8 Å². The number of amides is 1. The molecule has 1 atom stereocenters. The molecule has 2 N–H and O–H groups in total. The monoisotopic (exact) mass is 264 g/mol. The smallest absolute Gasteiger partial charge is 0.224 e. The topological polar surface area (TPSA) is 50.4 Å². The Hall–Kier alpha value is -1.55. The first-order valence-electron chi connectivity index (χ1n) is 6.68. The quantitative estimate of drug-likeness (QED) is 0.790. The molecule has 106 valence electrons. The molecule has 4 heteroatoms. The molecular formula is C15H24N2O2. The minimum absolute atomic E-state index is 0.0146. The van der Waals surface area contributed by atoms with E-state index in [1.807, 2.05) is 39.1 Å². The normalized spacial score (nSPS) is 12.0. The Morgan fingerprint density at radius 3 is 2.74 bits per heavy atom. The first-order valence-corrected chi connectivity index (χ1v) is 6.68. The predicted molar refractivity (Wildman–Crippen MR) is 77.3 cm³/mol. The van der Waals surface area contributed by atoms with Crippen molar-refractivity contribution in [1.29, 1.82) is 0 Å². The highest BCUT2D eigenvalue weighted by Gasteiger charge is 2.15. The van der Waals surface area contributed by atoms with Crippen molar-refractivity contribution in [3.8, 4) is 5.75 Å². The second-order valence-electron chi connectivity index (χ2n) is 4.70. The molecular weight excluding hydrogens is 240 g/mol. The number of carbonyl (C=O) groups excluding carboxylic acids is 1. The Morgan fingerprint density at radius 2 is 2.16 bits per heavy atom. The lowest BCUT2D eigenvalue weighted by molar-refractivity contribution is -0.125. The number of nitrogens with one attached hydrogen (secondary N) is 2. The molecule has 0 aliphatic carbocycles. The van der Waals surface area contributed by atoms with Crippen LogP contribution < -0.4 is 15.4 Å². The average molecular weight is 264 g/mol. The van der Waals surface area contributed by atoms with Crippen LogP contribution in [0.3, 0.4) is 0 Å². The number of aryl methyl sites for hydroxylation is 1. The molecule has 0 radical (unpaired) electrons. The van der Waals surface area contributed by atoms with E-state index in [0.717, 1.165) is 23.3 Å². The van der Waals surface area contributed by atoms with Gasteiger partial charge in [0.15, 0.2) is 0 Å². The van der Waals surface area contributed by atoms with Crippen molar-refractivity contribution in [3.05, 3.63) is 29.3 Å². The fraction of sp³-hybridized carbons (Fsp3) is 0.533. The third-order valence-corrected chi connectivity index (χ3v) is 3.20. The lowest BCUT2D eigenvalue weighted by atomic mass is 10.1. The van der Waals surface area contributed by atoms with Gasteiger partial charge in [-0.1, -0.05) is 24.6 Å². The van der Waals surface area contributed by atoms with Crippen LogP contribution >= 0.6 is 0 Å². The van der Waals surface area contributed by atoms with Gasteiger partial charge in [-0.25, -0.2) is 0 Å². The van der Waals surface area contributed by atoms with Crippen LogP contribution in [-0.2, 0) is 11.3 Å². The Kier molecular flexibility index (Phi) is 6.36. The number of hydrogen-bond donors (Lipinski definition) is 2. The van der Waals surface area contributed by atoms with E-state index in [-0.39, 0.29) is 11.8 Å². The zero-order valence-corrected chi connectivity index (χ0v) is 12.2. The predicted octanol–water partition coefficient (Wildman–Crippen LogP) is 1.87. The largest absolute Gasteiger partial charge is 0.496 e. The van der Waals surface area contributed by atoms with Gasteiger partial charge in [0.2, 0.25) is 5.91 Å². The van der Waals surface area contributed by atoms with Gasteiger partial charge in [-0.05, 0) is 26.5 Å². The summed E-state index contributed by atoms with van der Waals surface area (Å²) in [6.45, 7) is 5.26. The Morgan fingerprint density at radius 1 is 1.42 bits per heavy atom. The second-order valence-corrected chi connectivity index (χ2v) is 4.70. The number of ether oxygens (including phenoxy) is 1. The molecule has 1 amide bonds. The molecule has 0 heterocycles. The zero-order valence-electron chi connectivity index (χ0n) is 12.2. The van der Waals surface area contributed by atoms with E-state index in [9.17, 15) is 4.79 Å². The van der Waals surface area contributed by atoms with Crippen molar-refractivity contribution in [2.75, 3.05) is 20.7 Å². The molecule has 1 rings (SSSR count). The first-order chi connectivity index (χ1) is 9.12. The lowest BCUT2D eigenvalue weighted by Crippen LogP contribution is -2.35. The van der Waals surface area contributed by atoms with E-state index in [0.29, 0.717) is 13.1 Å². The maximum Gasteiger partial charge on any atom is 0.224 e. The van der Waals surface area contributed by atoms with Crippen molar-refractivity contribution in [3.63, 3.8) is 0 Å². The molecule has 0 spiro atoms. The lowest BCUT2D eigenvalue weighted by Gasteiger charge is -2.15. The first kappa shape index (κ1) is 15.5. The molecule has 19 heavy (non-hydrogen) atoms. The fourth-order valence-electron chi connectivity index (χ4n) is 2.04. The van der Waals surface area contributed by atoms with Gasteiger partial charge >= 0.3 is 0 Å². The highest BCUT2D eigenvalue weighted by molar-refractivity contribution is 5.78. The van der Waals surface area contributed by atoms with Gasteiger partial charge in [0.05, 0.1) is 13.0 Å². The van der Waals surface area contributed by atoms with Crippen LogP contribution in [0.25, 0.3) is 0 Å². The van der Waals surface area contributed by atoms with Gasteiger partial charge in [0, 0.05) is 18.7 Å². The van der Waals surface area contributed by atoms with Gasteiger partial charge in [0.1, 0.15) is 5.75 Å². The summed E-state index contributed by atoms with van der Waals surface area (Å²) in [5.74, 6) is 0.911. The standard InChI is InChI=1S/C15H24N2O2/c1-5-12(9-16-3)15(18)17-10-13-8-11(2)6-7-14(13)19-4/h6-8,12,16H,5,9-10H2,1-4H3,(H,17,18). The molecule has 0 saturated heterocycles. The Bertz CT molecular complexity index is 419. The van der Waals surface area contributed by atoms with Gasteiger partial charge in [-0.15, -0.1) is 0 Å². The van der Waals surface area contributed by atoms with Crippen LogP contribution in [0.5, 0.6) is 5.75 Å². The third-order valence-electron chi connectivity index (χ3n) is 3.20. The molecule has 0 bridgehead atoms. The van der Waals surface area contributed by atoms with Crippen molar-refractivity contribution >= 4 is 5.91 Å². The zero-order chi connectivity index (χ0) is 14.3. The van der Waals surface area contributed by atoms with E-state index in [1.165, 1.54) is 0 Å². The molecule has 0 aliphatic heterocycles. The van der Waals surface area contributed by atoms with Crippen molar-refractivity contribution in [2.24, 2.45) is 5.92 Å². The Labute approximate surface area is 115 Å². The maximum absolute atomic E-state index is 12.0. The van der Waals surface area contributed by atoms with Gasteiger partial charge in [-0.2, -0.15) is 0 Å². The summed E-state index contributed by atoms with van der Waals surface area (Å²) in [6.07, 6.45) is 0.831. The number of carbonyl (C=O) groups is 1. The number of benzene rings is 1. The van der Waals surface area contributed by atoms with E-state index in [2.05, 4.69) is 10.6 Å². The minimum Gasteiger partial charge on any atom is -0.496 e. The molecule has 0 saturated carbocycles. The second kappa shape index (κ2) is 7.79. The summed E-state index contributed by atoms with van der Waals surface area (Å²) in [5, 5.41) is 6.02. The third kappa shape index (κ3) is 4.56. The average Bonchev–Trinajstić information content (AvgIpc) is 2.42. The van der Waals surface area contributed by atoms with Crippen LogP contribution in [0.4, 0.5) is 0 Å². The van der Waals surface area contributed by atoms with Gasteiger partial charge in [0.25, 0.3) is 0 Å². The van der Waals surface area contributed by atoms with Crippen LogP contribution in [-0.4, -0.2) is 26.6 Å². The highest BCUT2D eigenvalue weighted by atomic mass is 16.5. The van der Waals surface area contributed by atoms with Gasteiger partial charge in [-0.3, -0.25) is 4.79 Å². The summed E-state index contributed by atoms with van der Waals surface area (Å²) >= 11 is 0. The summed E-state index contributed by atoms with van der Waals surface area (Å²) < 4.78 is 5.30. The van der Waals surface area contributed by atoms with E-state index < -0.39 is 0 Å². The summed E-state index contributed by atoms with van der Waals surface area (Å²) in [4.78, 5) is 12.0. The van der Waals surface area contributed by atoms with Crippen molar-refractivity contribution < 1.29 is 9.53 Å². The van der Waals surface area contributed by atoms with E-state index in [4.69, 9.17) is 4.74 Å². The van der Waals surface area contributed by atoms with Crippen LogP contribution in [0.1, 0.15) is 24.5 Å². The van der Waals surface area contributed by atoms with Crippen LogP contribution in [0.15, 0.2) is 18.2 Å². The van der Waals surface area contributed by atoms with Crippen LogP contribution in [0.2, 0.25) is 0 Å². The van der Waals surface area contributed by atoms with Crippen molar-refractivity contribution in [2.45, 2.75) is 26.8 Å². The number of hydrogen-bond acceptors (Lipinski definition) is 3. The minimum atomic E-state index is 0.0146. The van der Waals surface area contributed by atoms with Crippen molar-refractivity contribution in [1.82, 2.24) is 10.6 Å². The van der Waals surface area contributed by atoms with E-state index >= 15 is 0 Å². The SMILES string of the molecule is CCC(CNC)C(=O)NCc1cc(C)ccc1OC. The molecule has 0 fully saturated rings. The van der Waals surface area contributed by atoms with E-state index in [1.54, 1.807) is 7.11 Å². The molecule has 4 nitrogen and oxygen atoms in total. The Balaban J connectivity index is 2.65. The summed E-state index contributed by atoms with van der Waals surface area (Å²) in [7, 11) is 3.51. The maximum atomic E-state index is 12.0. The molecule has 0 aliphatic rings. The molecule has 1 aromatic carbocycles. The highest BCUT2D eigenvalue weighted by Crippen LogP contribution is 2.19. The molecule has 1 aromatic rings. The fourth-order valence-corrected chi connectivity index (χ4v) is 2.04. The number of methoxy groups -OCH3 is 1. The van der Waals surface area contributed by atoms with Gasteiger partial charge < -0.3 is 15.4 Å². The summed E-state index contributed by atoms with van der Waals surface area (Å²) in [5.41, 5.74) is 2.17. The molecule has 0 aromatic heterocycles. The number of rotatable bonds is 7.